The Morgan fingerprint density at radius 2 is 2.41 bits per heavy atom. The fourth-order valence-corrected chi connectivity index (χ4v) is 2.26. The second-order valence-electron chi connectivity index (χ2n) is 4.21. The van der Waals surface area contributed by atoms with E-state index < -0.39 is 0 Å². The van der Waals surface area contributed by atoms with Crippen molar-refractivity contribution in [1.82, 2.24) is 4.90 Å². The monoisotopic (exact) mass is 305 g/mol. The summed E-state index contributed by atoms with van der Waals surface area (Å²) in [4.78, 5) is 13.3. The topological polar surface area (TPSA) is 38.8 Å². The first-order chi connectivity index (χ1) is 8.11. The van der Waals surface area contributed by atoms with E-state index in [1.54, 1.807) is 0 Å². The highest BCUT2D eigenvalue weighted by atomic mass is 79.9. The first kappa shape index (κ1) is 14.7. The number of hydrogen-bond donors (Lipinski definition) is 0. The molecular formula is C12H20BrNO3. The van der Waals surface area contributed by atoms with E-state index in [0.29, 0.717) is 19.1 Å². The molecule has 0 aromatic carbocycles. The standard InChI is InChI=1S/C12H20BrNO3/c1-10(13)8-14(6-5-12(15)16-2)9-11-4-3-7-17-11/h11H,1,3-9H2,2H3. The van der Waals surface area contributed by atoms with Crippen molar-refractivity contribution in [2.24, 2.45) is 0 Å². The summed E-state index contributed by atoms with van der Waals surface area (Å²) >= 11 is 3.36. The van der Waals surface area contributed by atoms with Crippen LogP contribution < -0.4 is 0 Å². The molecule has 1 rings (SSSR count). The second-order valence-corrected chi connectivity index (χ2v) is 5.34. The molecule has 1 heterocycles. The normalized spacial score (nSPS) is 19.6. The third kappa shape index (κ3) is 6.19. The van der Waals surface area contributed by atoms with Crippen LogP contribution in [0.15, 0.2) is 11.1 Å². The Kier molecular flexibility index (Phi) is 6.77. The van der Waals surface area contributed by atoms with E-state index in [-0.39, 0.29) is 5.97 Å². The van der Waals surface area contributed by atoms with Gasteiger partial charge in [0, 0.05) is 30.7 Å². The van der Waals surface area contributed by atoms with Gasteiger partial charge in [-0.2, -0.15) is 0 Å². The minimum absolute atomic E-state index is 0.178. The summed E-state index contributed by atoms with van der Waals surface area (Å²) in [7, 11) is 1.41. The number of carbonyl (C=O) groups is 1. The van der Waals surface area contributed by atoms with Crippen LogP contribution in [0.1, 0.15) is 19.3 Å². The molecule has 0 aromatic heterocycles. The number of methoxy groups -OCH3 is 1. The number of halogens is 1. The molecule has 5 heteroatoms. The van der Waals surface area contributed by atoms with Gasteiger partial charge in [-0.05, 0) is 12.8 Å². The fourth-order valence-electron chi connectivity index (χ4n) is 1.91. The van der Waals surface area contributed by atoms with Crippen LogP contribution in [-0.2, 0) is 14.3 Å². The highest BCUT2D eigenvalue weighted by molar-refractivity contribution is 9.11. The molecule has 17 heavy (non-hydrogen) atoms. The molecule has 0 N–H and O–H groups in total. The summed E-state index contributed by atoms with van der Waals surface area (Å²) in [5, 5.41) is 0. The van der Waals surface area contributed by atoms with Crippen LogP contribution in [0.4, 0.5) is 0 Å². The molecule has 4 nitrogen and oxygen atoms in total. The predicted molar refractivity (Wildman–Crippen MR) is 70.1 cm³/mol. The maximum atomic E-state index is 11.1. The number of hydrogen-bond acceptors (Lipinski definition) is 4. The smallest absolute Gasteiger partial charge is 0.306 e. The molecule has 1 aliphatic heterocycles. The molecule has 1 saturated heterocycles. The average Bonchev–Trinajstić information content (AvgIpc) is 2.77. The molecular weight excluding hydrogens is 286 g/mol. The van der Waals surface area contributed by atoms with Gasteiger partial charge in [-0.3, -0.25) is 9.69 Å². The Hall–Kier alpha value is -0.390. The predicted octanol–water partition coefficient (Wildman–Crippen LogP) is 1.94. The molecule has 0 aromatic rings. The van der Waals surface area contributed by atoms with E-state index >= 15 is 0 Å². The van der Waals surface area contributed by atoms with E-state index in [4.69, 9.17) is 4.74 Å². The van der Waals surface area contributed by atoms with Gasteiger partial charge in [-0.25, -0.2) is 0 Å². The minimum atomic E-state index is -0.178. The lowest BCUT2D eigenvalue weighted by atomic mass is 10.2. The van der Waals surface area contributed by atoms with Crippen molar-refractivity contribution in [1.29, 1.82) is 0 Å². The highest BCUT2D eigenvalue weighted by Gasteiger charge is 2.19. The summed E-state index contributed by atoms with van der Waals surface area (Å²) in [5.74, 6) is -0.178. The fraction of sp³-hybridized carbons (Fsp3) is 0.750. The van der Waals surface area contributed by atoms with Crippen molar-refractivity contribution in [2.75, 3.05) is 33.4 Å². The number of carbonyl (C=O) groups excluding carboxylic acids is 1. The Balaban J connectivity index is 2.35. The van der Waals surface area contributed by atoms with Crippen LogP contribution in [0.2, 0.25) is 0 Å². The molecule has 0 saturated carbocycles. The van der Waals surface area contributed by atoms with Gasteiger partial charge in [0.05, 0.1) is 19.6 Å². The summed E-state index contributed by atoms with van der Waals surface area (Å²) in [6, 6.07) is 0. The number of ether oxygens (including phenoxy) is 2. The zero-order valence-corrected chi connectivity index (χ0v) is 11.9. The lowest BCUT2D eigenvalue weighted by molar-refractivity contribution is -0.141. The third-order valence-corrected chi connectivity index (χ3v) is 2.99. The van der Waals surface area contributed by atoms with Crippen LogP contribution in [0.5, 0.6) is 0 Å². The molecule has 0 amide bonds. The van der Waals surface area contributed by atoms with Gasteiger partial charge in [0.25, 0.3) is 0 Å². The van der Waals surface area contributed by atoms with Crippen LogP contribution in [0.25, 0.3) is 0 Å². The first-order valence-electron chi connectivity index (χ1n) is 5.86. The Bertz CT molecular complexity index is 264. The Morgan fingerprint density at radius 3 is 2.94 bits per heavy atom. The van der Waals surface area contributed by atoms with E-state index in [9.17, 15) is 4.79 Å². The molecule has 98 valence electrons. The maximum Gasteiger partial charge on any atom is 0.306 e. The largest absolute Gasteiger partial charge is 0.469 e. The van der Waals surface area contributed by atoms with Crippen molar-refractivity contribution >= 4 is 21.9 Å². The Labute approximate surface area is 111 Å². The SMILES string of the molecule is C=C(Br)CN(CCC(=O)OC)CC1CCCO1. The molecule has 0 spiro atoms. The first-order valence-corrected chi connectivity index (χ1v) is 6.65. The Morgan fingerprint density at radius 1 is 1.65 bits per heavy atom. The lowest BCUT2D eigenvalue weighted by Crippen LogP contribution is -2.34. The summed E-state index contributed by atoms with van der Waals surface area (Å²) in [5.41, 5.74) is 0. The summed E-state index contributed by atoms with van der Waals surface area (Å²) in [6.07, 6.45) is 2.93. The number of rotatable bonds is 7. The van der Waals surface area contributed by atoms with Gasteiger partial charge >= 0.3 is 5.97 Å². The van der Waals surface area contributed by atoms with Crippen molar-refractivity contribution in [2.45, 2.75) is 25.4 Å². The van der Waals surface area contributed by atoms with E-state index in [2.05, 4.69) is 32.1 Å². The number of esters is 1. The zero-order valence-electron chi connectivity index (χ0n) is 10.3. The van der Waals surface area contributed by atoms with Crippen LogP contribution >= 0.6 is 15.9 Å². The van der Waals surface area contributed by atoms with Gasteiger partial charge in [-0.1, -0.05) is 22.5 Å². The van der Waals surface area contributed by atoms with E-state index in [0.717, 1.165) is 37.0 Å². The van der Waals surface area contributed by atoms with E-state index in [1.165, 1.54) is 7.11 Å². The molecule has 0 bridgehead atoms. The van der Waals surface area contributed by atoms with Gasteiger partial charge in [0.15, 0.2) is 0 Å². The molecule has 0 aliphatic carbocycles. The van der Waals surface area contributed by atoms with Crippen molar-refractivity contribution in [3.63, 3.8) is 0 Å². The van der Waals surface area contributed by atoms with Gasteiger partial charge in [0.1, 0.15) is 0 Å². The van der Waals surface area contributed by atoms with Crippen molar-refractivity contribution in [3.05, 3.63) is 11.1 Å². The molecule has 1 fully saturated rings. The molecule has 1 aliphatic rings. The lowest BCUT2D eigenvalue weighted by Gasteiger charge is -2.24. The average molecular weight is 306 g/mol. The maximum absolute atomic E-state index is 11.1. The highest BCUT2D eigenvalue weighted by Crippen LogP contribution is 2.15. The van der Waals surface area contributed by atoms with Gasteiger partial charge < -0.3 is 9.47 Å². The molecule has 1 atom stereocenters. The van der Waals surface area contributed by atoms with Crippen LogP contribution in [0.3, 0.4) is 0 Å². The van der Waals surface area contributed by atoms with Gasteiger partial charge in [0.2, 0.25) is 0 Å². The van der Waals surface area contributed by atoms with Gasteiger partial charge in [-0.15, -0.1) is 0 Å². The van der Waals surface area contributed by atoms with Crippen LogP contribution in [0, 0.1) is 0 Å². The molecule has 0 radical (unpaired) electrons. The van der Waals surface area contributed by atoms with E-state index in [1.807, 2.05) is 0 Å². The zero-order chi connectivity index (χ0) is 12.7. The summed E-state index contributed by atoms with van der Waals surface area (Å²) < 4.78 is 11.2. The van der Waals surface area contributed by atoms with Crippen molar-refractivity contribution < 1.29 is 14.3 Å². The van der Waals surface area contributed by atoms with Crippen molar-refractivity contribution in [3.8, 4) is 0 Å². The quantitative estimate of drug-likeness (QED) is 0.674. The van der Waals surface area contributed by atoms with Crippen LogP contribution in [-0.4, -0.2) is 50.3 Å². The second kappa shape index (κ2) is 7.84. The summed E-state index contributed by atoms with van der Waals surface area (Å²) in [6.45, 7) is 6.95. The minimum Gasteiger partial charge on any atom is -0.469 e. The number of nitrogens with zero attached hydrogens (tertiary/aromatic N) is 1. The molecule has 1 unspecified atom stereocenters. The third-order valence-electron chi connectivity index (χ3n) is 2.74.